The minimum Gasteiger partial charge on any atom is -0.340 e. The van der Waals surface area contributed by atoms with Gasteiger partial charge in [-0.15, -0.1) is 0 Å². The zero-order chi connectivity index (χ0) is 11.3. The lowest BCUT2D eigenvalue weighted by Gasteiger charge is -2.28. The van der Waals surface area contributed by atoms with Gasteiger partial charge in [-0.3, -0.25) is 5.43 Å². The molecule has 0 atom stereocenters. The number of aliphatic imine (C=N–C) groups is 1. The Hall–Kier alpha value is -0.770. The fraction of sp³-hybridized carbons (Fsp3) is 0.909. The molecule has 0 spiro atoms. The second-order valence-corrected chi connectivity index (χ2v) is 4.42. The summed E-state index contributed by atoms with van der Waals surface area (Å²) in [6.45, 7) is 7.38. The van der Waals surface area contributed by atoms with Crippen molar-refractivity contribution < 1.29 is 0 Å². The summed E-state index contributed by atoms with van der Waals surface area (Å²) in [6.07, 6.45) is 5.03. The first-order valence-electron chi connectivity index (χ1n) is 6.00. The van der Waals surface area contributed by atoms with Crippen LogP contribution in [0.2, 0.25) is 0 Å². The molecule has 4 nitrogen and oxygen atoms in total. The standard InChI is InChI=1S/C11H24N4/c1-4-15(9(2)3)11(14-12)13-10-7-5-6-8-10/h9-10H,4-8,12H2,1-3H3,(H,13,14). The first-order valence-corrected chi connectivity index (χ1v) is 6.00. The first-order chi connectivity index (χ1) is 7.19. The molecule has 15 heavy (non-hydrogen) atoms. The lowest BCUT2D eigenvalue weighted by Crippen LogP contribution is -2.48. The number of guanidine groups is 1. The van der Waals surface area contributed by atoms with Crippen LogP contribution in [0.5, 0.6) is 0 Å². The van der Waals surface area contributed by atoms with Crippen LogP contribution in [0.4, 0.5) is 0 Å². The zero-order valence-corrected chi connectivity index (χ0v) is 10.2. The predicted molar refractivity (Wildman–Crippen MR) is 64.5 cm³/mol. The minimum absolute atomic E-state index is 0.436. The van der Waals surface area contributed by atoms with Gasteiger partial charge in [0.15, 0.2) is 0 Å². The molecular weight excluding hydrogens is 188 g/mol. The first kappa shape index (κ1) is 12.3. The van der Waals surface area contributed by atoms with E-state index >= 15 is 0 Å². The molecule has 88 valence electrons. The highest BCUT2D eigenvalue weighted by molar-refractivity contribution is 5.79. The normalized spacial score (nSPS) is 18.6. The van der Waals surface area contributed by atoms with Gasteiger partial charge in [-0.25, -0.2) is 10.8 Å². The van der Waals surface area contributed by atoms with Crippen LogP contribution in [0.1, 0.15) is 46.5 Å². The van der Waals surface area contributed by atoms with Crippen molar-refractivity contribution in [1.29, 1.82) is 0 Å². The van der Waals surface area contributed by atoms with E-state index in [0.29, 0.717) is 12.1 Å². The summed E-state index contributed by atoms with van der Waals surface area (Å²) in [5.74, 6) is 6.39. The van der Waals surface area contributed by atoms with Crippen LogP contribution in [0.3, 0.4) is 0 Å². The largest absolute Gasteiger partial charge is 0.340 e. The van der Waals surface area contributed by atoms with E-state index in [-0.39, 0.29) is 0 Å². The van der Waals surface area contributed by atoms with Crippen molar-refractivity contribution in [3.05, 3.63) is 0 Å². The zero-order valence-electron chi connectivity index (χ0n) is 10.2. The lowest BCUT2D eigenvalue weighted by atomic mass is 10.3. The molecule has 1 rings (SSSR count). The van der Waals surface area contributed by atoms with Gasteiger partial charge in [0.2, 0.25) is 5.96 Å². The quantitative estimate of drug-likeness (QED) is 0.322. The van der Waals surface area contributed by atoms with Crippen molar-refractivity contribution in [3.8, 4) is 0 Å². The van der Waals surface area contributed by atoms with Crippen LogP contribution in [0.15, 0.2) is 4.99 Å². The summed E-state index contributed by atoms with van der Waals surface area (Å²) in [7, 11) is 0. The smallest absolute Gasteiger partial charge is 0.208 e. The van der Waals surface area contributed by atoms with Gasteiger partial charge in [-0.1, -0.05) is 12.8 Å². The van der Waals surface area contributed by atoms with Crippen LogP contribution in [0.25, 0.3) is 0 Å². The highest BCUT2D eigenvalue weighted by Crippen LogP contribution is 2.21. The Labute approximate surface area is 92.9 Å². The van der Waals surface area contributed by atoms with Gasteiger partial charge in [0, 0.05) is 12.6 Å². The van der Waals surface area contributed by atoms with E-state index in [1.165, 1.54) is 25.7 Å². The van der Waals surface area contributed by atoms with Crippen molar-refractivity contribution in [2.45, 2.75) is 58.5 Å². The van der Waals surface area contributed by atoms with Crippen molar-refractivity contribution in [1.82, 2.24) is 10.3 Å². The molecule has 3 N–H and O–H groups in total. The molecule has 1 saturated carbocycles. The summed E-state index contributed by atoms with van der Waals surface area (Å²) in [5, 5.41) is 0. The van der Waals surface area contributed by atoms with Gasteiger partial charge in [0.1, 0.15) is 0 Å². The fourth-order valence-electron chi connectivity index (χ4n) is 2.16. The molecule has 0 amide bonds. The lowest BCUT2D eigenvalue weighted by molar-refractivity contribution is 0.351. The van der Waals surface area contributed by atoms with E-state index in [1.54, 1.807) is 0 Å². The topological polar surface area (TPSA) is 53.6 Å². The van der Waals surface area contributed by atoms with E-state index in [0.717, 1.165) is 12.5 Å². The molecule has 0 aliphatic heterocycles. The Morgan fingerprint density at radius 3 is 2.47 bits per heavy atom. The van der Waals surface area contributed by atoms with Crippen LogP contribution >= 0.6 is 0 Å². The van der Waals surface area contributed by atoms with Crippen LogP contribution in [-0.2, 0) is 0 Å². The Balaban J connectivity index is 2.66. The Bertz CT molecular complexity index is 207. The van der Waals surface area contributed by atoms with Gasteiger partial charge in [0.05, 0.1) is 6.04 Å². The number of nitrogens with zero attached hydrogens (tertiary/aromatic N) is 2. The molecule has 1 aliphatic carbocycles. The summed E-state index contributed by atoms with van der Waals surface area (Å²) in [4.78, 5) is 6.89. The van der Waals surface area contributed by atoms with Gasteiger partial charge in [0.25, 0.3) is 0 Å². The fourth-order valence-corrected chi connectivity index (χ4v) is 2.16. The molecule has 1 fully saturated rings. The third kappa shape index (κ3) is 3.38. The van der Waals surface area contributed by atoms with Gasteiger partial charge in [-0.2, -0.15) is 0 Å². The molecule has 0 aromatic rings. The maximum atomic E-state index is 5.54. The van der Waals surface area contributed by atoms with Crippen molar-refractivity contribution in [3.63, 3.8) is 0 Å². The Morgan fingerprint density at radius 2 is 2.07 bits per heavy atom. The third-order valence-electron chi connectivity index (χ3n) is 2.99. The molecule has 4 heteroatoms. The second-order valence-electron chi connectivity index (χ2n) is 4.42. The summed E-state index contributed by atoms with van der Waals surface area (Å²) >= 11 is 0. The van der Waals surface area contributed by atoms with E-state index in [9.17, 15) is 0 Å². The SMILES string of the molecule is CCN(C(=NC1CCCC1)NN)C(C)C. The third-order valence-corrected chi connectivity index (χ3v) is 2.99. The second kappa shape index (κ2) is 5.95. The maximum absolute atomic E-state index is 5.54. The van der Waals surface area contributed by atoms with E-state index in [1.807, 2.05) is 0 Å². The summed E-state index contributed by atoms with van der Waals surface area (Å²) in [5.41, 5.74) is 2.74. The number of nitrogens with one attached hydrogen (secondary N) is 1. The molecule has 0 aromatic heterocycles. The number of hydrogen-bond acceptors (Lipinski definition) is 2. The van der Waals surface area contributed by atoms with Gasteiger partial charge < -0.3 is 4.90 Å². The van der Waals surface area contributed by atoms with Crippen molar-refractivity contribution in [2.24, 2.45) is 10.8 Å². The number of hydrogen-bond donors (Lipinski definition) is 2. The number of hydrazine groups is 1. The molecule has 0 saturated heterocycles. The van der Waals surface area contributed by atoms with Crippen LogP contribution in [0, 0.1) is 0 Å². The molecule has 0 radical (unpaired) electrons. The number of nitrogens with two attached hydrogens (primary N) is 1. The molecule has 0 bridgehead atoms. The van der Waals surface area contributed by atoms with Gasteiger partial charge in [-0.05, 0) is 33.6 Å². The summed E-state index contributed by atoms with van der Waals surface area (Å²) in [6, 6.07) is 0.912. The van der Waals surface area contributed by atoms with E-state index < -0.39 is 0 Å². The average Bonchev–Trinajstić information content (AvgIpc) is 2.69. The highest BCUT2D eigenvalue weighted by atomic mass is 15.4. The molecule has 0 heterocycles. The van der Waals surface area contributed by atoms with E-state index in [4.69, 9.17) is 10.8 Å². The summed E-state index contributed by atoms with van der Waals surface area (Å²) < 4.78 is 0. The average molecular weight is 212 g/mol. The minimum atomic E-state index is 0.436. The maximum Gasteiger partial charge on any atom is 0.208 e. The Kier molecular flexibility index (Phi) is 4.88. The highest BCUT2D eigenvalue weighted by Gasteiger charge is 2.17. The monoisotopic (exact) mass is 212 g/mol. The van der Waals surface area contributed by atoms with Gasteiger partial charge >= 0.3 is 0 Å². The Morgan fingerprint density at radius 1 is 1.47 bits per heavy atom. The van der Waals surface area contributed by atoms with Crippen LogP contribution in [-0.4, -0.2) is 29.5 Å². The van der Waals surface area contributed by atoms with Crippen molar-refractivity contribution in [2.75, 3.05) is 6.54 Å². The number of rotatable bonds is 3. The van der Waals surface area contributed by atoms with Crippen molar-refractivity contribution >= 4 is 5.96 Å². The predicted octanol–water partition coefficient (Wildman–Crippen LogP) is 1.48. The molecular formula is C11H24N4. The van der Waals surface area contributed by atoms with E-state index in [2.05, 4.69) is 31.1 Å². The molecule has 0 aromatic carbocycles. The molecule has 1 aliphatic rings. The molecule has 0 unspecified atom stereocenters. The van der Waals surface area contributed by atoms with Crippen LogP contribution < -0.4 is 11.3 Å².